The third-order valence-corrected chi connectivity index (χ3v) is 4.64. The number of rotatable bonds is 5. The summed E-state index contributed by atoms with van der Waals surface area (Å²) in [7, 11) is 0. The SMILES string of the molecule is C[C@]1(O)CN(C(=O)CCc2cccnc2)CC[C@@H]1Oc1cccc(F)c1. The van der Waals surface area contributed by atoms with Crippen LogP contribution >= 0.6 is 0 Å². The smallest absolute Gasteiger partial charge is 0.223 e. The highest BCUT2D eigenvalue weighted by Crippen LogP contribution is 2.27. The number of nitrogens with zero attached hydrogens (tertiary/aromatic N) is 2. The molecule has 1 amide bonds. The number of aromatic nitrogens is 1. The summed E-state index contributed by atoms with van der Waals surface area (Å²) in [6.45, 7) is 2.35. The van der Waals surface area contributed by atoms with Crippen molar-refractivity contribution in [3.63, 3.8) is 0 Å². The molecule has 6 heteroatoms. The van der Waals surface area contributed by atoms with E-state index in [1.54, 1.807) is 36.4 Å². The normalized spacial score (nSPS) is 22.9. The van der Waals surface area contributed by atoms with Gasteiger partial charge in [-0.1, -0.05) is 12.1 Å². The van der Waals surface area contributed by atoms with E-state index in [-0.39, 0.29) is 18.3 Å². The first-order chi connectivity index (χ1) is 12.4. The number of aliphatic hydroxyl groups is 1. The predicted molar refractivity (Wildman–Crippen MR) is 95.2 cm³/mol. The van der Waals surface area contributed by atoms with Crippen molar-refractivity contribution in [2.75, 3.05) is 13.1 Å². The topological polar surface area (TPSA) is 62.7 Å². The van der Waals surface area contributed by atoms with Crippen molar-refractivity contribution in [3.05, 3.63) is 60.2 Å². The van der Waals surface area contributed by atoms with Crippen LogP contribution in [-0.2, 0) is 11.2 Å². The second kappa shape index (κ2) is 7.83. The van der Waals surface area contributed by atoms with E-state index in [0.29, 0.717) is 31.6 Å². The van der Waals surface area contributed by atoms with Crippen LogP contribution in [0.1, 0.15) is 25.3 Å². The number of aryl methyl sites for hydroxylation is 1. The molecule has 1 aliphatic heterocycles. The highest BCUT2D eigenvalue weighted by molar-refractivity contribution is 5.76. The molecule has 0 radical (unpaired) electrons. The van der Waals surface area contributed by atoms with E-state index < -0.39 is 11.7 Å². The zero-order valence-corrected chi connectivity index (χ0v) is 14.8. The average Bonchev–Trinajstić information content (AvgIpc) is 2.62. The van der Waals surface area contributed by atoms with E-state index in [2.05, 4.69) is 4.98 Å². The fourth-order valence-corrected chi connectivity index (χ4v) is 3.21. The fourth-order valence-electron chi connectivity index (χ4n) is 3.21. The summed E-state index contributed by atoms with van der Waals surface area (Å²) in [5, 5.41) is 10.7. The molecule has 1 fully saturated rings. The van der Waals surface area contributed by atoms with Crippen LogP contribution in [0.5, 0.6) is 5.75 Å². The number of carbonyl (C=O) groups is 1. The maximum absolute atomic E-state index is 13.3. The molecule has 2 atom stereocenters. The molecular formula is C20H23FN2O3. The largest absolute Gasteiger partial charge is 0.487 e. The van der Waals surface area contributed by atoms with Crippen molar-refractivity contribution >= 4 is 5.91 Å². The Balaban J connectivity index is 1.56. The van der Waals surface area contributed by atoms with Gasteiger partial charge in [-0.2, -0.15) is 0 Å². The number of amides is 1. The lowest BCUT2D eigenvalue weighted by atomic mass is 9.91. The molecule has 1 aliphatic rings. The molecule has 1 aromatic carbocycles. The Hall–Kier alpha value is -2.47. The zero-order chi connectivity index (χ0) is 18.6. The van der Waals surface area contributed by atoms with Gasteiger partial charge in [0.1, 0.15) is 23.3 Å². The van der Waals surface area contributed by atoms with Gasteiger partial charge in [-0.3, -0.25) is 9.78 Å². The van der Waals surface area contributed by atoms with Gasteiger partial charge in [0.15, 0.2) is 0 Å². The highest BCUT2D eigenvalue weighted by atomic mass is 19.1. The Morgan fingerprint density at radius 1 is 1.42 bits per heavy atom. The summed E-state index contributed by atoms with van der Waals surface area (Å²) in [5.41, 5.74) is -0.189. The maximum atomic E-state index is 13.3. The molecule has 0 spiro atoms. The number of benzene rings is 1. The van der Waals surface area contributed by atoms with Crippen LogP contribution in [0.25, 0.3) is 0 Å². The molecule has 1 aromatic heterocycles. The number of halogens is 1. The minimum absolute atomic E-state index is 0.00154. The molecule has 2 aromatic rings. The molecule has 3 rings (SSSR count). The van der Waals surface area contributed by atoms with Crippen molar-refractivity contribution in [2.45, 2.75) is 37.9 Å². The Morgan fingerprint density at radius 3 is 2.96 bits per heavy atom. The van der Waals surface area contributed by atoms with Gasteiger partial charge in [0.25, 0.3) is 0 Å². The van der Waals surface area contributed by atoms with Gasteiger partial charge in [0.2, 0.25) is 5.91 Å². The standard InChI is InChI=1S/C20H23FN2O3/c1-20(25)14-23(19(24)8-7-15-4-3-10-22-13-15)11-9-18(20)26-17-6-2-5-16(21)12-17/h2-6,10,12-13,18,25H,7-9,11,14H2,1H3/t18-,20-/m0/s1. The lowest BCUT2D eigenvalue weighted by molar-refractivity contribution is -0.145. The molecule has 26 heavy (non-hydrogen) atoms. The quantitative estimate of drug-likeness (QED) is 0.892. The zero-order valence-electron chi connectivity index (χ0n) is 14.8. The lowest BCUT2D eigenvalue weighted by Gasteiger charge is -2.42. The van der Waals surface area contributed by atoms with Crippen LogP contribution in [0.3, 0.4) is 0 Å². The van der Waals surface area contributed by atoms with E-state index in [4.69, 9.17) is 4.74 Å². The Kier molecular flexibility index (Phi) is 5.52. The highest BCUT2D eigenvalue weighted by Gasteiger charge is 2.41. The monoisotopic (exact) mass is 358 g/mol. The van der Waals surface area contributed by atoms with E-state index in [1.807, 2.05) is 12.1 Å². The Morgan fingerprint density at radius 2 is 2.27 bits per heavy atom. The van der Waals surface area contributed by atoms with Crippen molar-refractivity contribution in [1.29, 1.82) is 0 Å². The van der Waals surface area contributed by atoms with Gasteiger partial charge in [-0.05, 0) is 37.1 Å². The van der Waals surface area contributed by atoms with Crippen molar-refractivity contribution in [3.8, 4) is 5.75 Å². The van der Waals surface area contributed by atoms with Crippen LogP contribution in [0.15, 0.2) is 48.8 Å². The summed E-state index contributed by atoms with van der Waals surface area (Å²) in [6, 6.07) is 9.65. The van der Waals surface area contributed by atoms with Crippen molar-refractivity contribution < 1.29 is 19.0 Å². The van der Waals surface area contributed by atoms with Crippen molar-refractivity contribution in [1.82, 2.24) is 9.88 Å². The van der Waals surface area contributed by atoms with E-state index >= 15 is 0 Å². The van der Waals surface area contributed by atoms with Gasteiger partial charge in [-0.25, -0.2) is 4.39 Å². The first kappa shape index (κ1) is 18.3. The Bertz CT molecular complexity index is 752. The lowest BCUT2D eigenvalue weighted by Crippen LogP contribution is -2.58. The summed E-state index contributed by atoms with van der Waals surface area (Å²) in [5.74, 6) is -0.00452. The second-order valence-electron chi connectivity index (χ2n) is 6.89. The molecule has 2 heterocycles. The molecular weight excluding hydrogens is 335 g/mol. The molecule has 1 N–H and O–H groups in total. The van der Waals surface area contributed by atoms with Crippen LogP contribution in [0.2, 0.25) is 0 Å². The molecule has 138 valence electrons. The van der Waals surface area contributed by atoms with Crippen LogP contribution in [0, 0.1) is 5.82 Å². The minimum atomic E-state index is -1.20. The minimum Gasteiger partial charge on any atom is -0.487 e. The van der Waals surface area contributed by atoms with Gasteiger partial charge >= 0.3 is 0 Å². The number of piperidine rings is 1. The molecule has 0 aliphatic carbocycles. The molecule has 0 unspecified atom stereocenters. The first-order valence-corrected chi connectivity index (χ1v) is 8.75. The summed E-state index contributed by atoms with van der Waals surface area (Å²) in [4.78, 5) is 18.2. The Labute approximate surface area is 152 Å². The van der Waals surface area contributed by atoms with E-state index in [9.17, 15) is 14.3 Å². The second-order valence-corrected chi connectivity index (χ2v) is 6.89. The number of ether oxygens (including phenoxy) is 1. The molecule has 0 saturated carbocycles. The summed E-state index contributed by atoms with van der Waals surface area (Å²) >= 11 is 0. The van der Waals surface area contributed by atoms with Crippen LogP contribution in [0.4, 0.5) is 4.39 Å². The molecule has 0 bridgehead atoms. The third kappa shape index (κ3) is 4.58. The average molecular weight is 358 g/mol. The number of hydrogen-bond acceptors (Lipinski definition) is 4. The first-order valence-electron chi connectivity index (χ1n) is 8.75. The molecule has 1 saturated heterocycles. The number of hydrogen-bond donors (Lipinski definition) is 1. The van der Waals surface area contributed by atoms with Crippen LogP contribution < -0.4 is 4.74 Å². The predicted octanol–water partition coefficient (Wildman–Crippen LogP) is 2.58. The number of pyridine rings is 1. The van der Waals surface area contributed by atoms with Gasteiger partial charge in [-0.15, -0.1) is 0 Å². The fraction of sp³-hybridized carbons (Fsp3) is 0.400. The summed E-state index contributed by atoms with van der Waals surface area (Å²) < 4.78 is 19.1. The number of likely N-dealkylation sites (tertiary alicyclic amines) is 1. The van der Waals surface area contributed by atoms with E-state index in [1.165, 1.54) is 12.1 Å². The third-order valence-electron chi connectivity index (χ3n) is 4.64. The van der Waals surface area contributed by atoms with E-state index in [0.717, 1.165) is 5.56 Å². The summed E-state index contributed by atoms with van der Waals surface area (Å²) in [6.07, 6.45) is 4.44. The van der Waals surface area contributed by atoms with Gasteiger partial charge < -0.3 is 14.7 Å². The number of β-amino-alcohol motifs (C(OH)–C–C–N with tert-alkyl or cyclic N) is 1. The molecule has 5 nitrogen and oxygen atoms in total. The van der Waals surface area contributed by atoms with Crippen molar-refractivity contribution in [2.24, 2.45) is 0 Å². The maximum Gasteiger partial charge on any atom is 0.223 e. The van der Waals surface area contributed by atoms with Gasteiger partial charge in [0, 0.05) is 37.8 Å². The van der Waals surface area contributed by atoms with Gasteiger partial charge in [0.05, 0.1) is 6.54 Å². The van der Waals surface area contributed by atoms with Crippen LogP contribution in [-0.4, -0.2) is 45.7 Å². The number of carbonyl (C=O) groups excluding carboxylic acids is 1.